The Labute approximate surface area is 149 Å². The third kappa shape index (κ3) is 4.24. The highest BCUT2D eigenvalue weighted by Crippen LogP contribution is 2.42. The van der Waals surface area contributed by atoms with Gasteiger partial charge in [-0.1, -0.05) is 0 Å². The van der Waals surface area contributed by atoms with E-state index in [-0.39, 0.29) is 30.3 Å². The Kier molecular flexibility index (Phi) is 5.53. The molecule has 25 heavy (non-hydrogen) atoms. The first-order valence-corrected chi connectivity index (χ1v) is 9.67. The summed E-state index contributed by atoms with van der Waals surface area (Å²) in [6, 6.07) is 0.184. The maximum Gasteiger partial charge on any atom is 0.442 e. The largest absolute Gasteiger partial charge is 0.442 e. The van der Waals surface area contributed by atoms with Gasteiger partial charge in [0.05, 0.1) is 11.2 Å². The first-order valence-electron chi connectivity index (χ1n) is 8.68. The molecule has 2 amide bonds. The third-order valence-electron chi connectivity index (χ3n) is 5.47. The Bertz CT molecular complexity index is 525. The molecule has 0 aliphatic carbocycles. The number of nitrogens with zero attached hydrogens (tertiary/aromatic N) is 2. The molecule has 3 heterocycles. The fourth-order valence-electron chi connectivity index (χ4n) is 4.14. The van der Waals surface area contributed by atoms with Crippen LogP contribution in [0.15, 0.2) is 0 Å². The third-order valence-corrected chi connectivity index (χ3v) is 6.18. The summed E-state index contributed by atoms with van der Waals surface area (Å²) in [5, 5.41) is 0. The van der Waals surface area contributed by atoms with Gasteiger partial charge in [-0.2, -0.15) is 13.2 Å². The Morgan fingerprint density at radius 2 is 1.96 bits per heavy atom. The minimum atomic E-state index is -4.41. The number of carbonyl (C=O) groups is 2. The Morgan fingerprint density at radius 3 is 2.64 bits per heavy atom. The van der Waals surface area contributed by atoms with Gasteiger partial charge in [0.2, 0.25) is 11.8 Å². The average Bonchev–Trinajstić information content (AvgIpc) is 3.01. The van der Waals surface area contributed by atoms with Crippen molar-refractivity contribution in [2.45, 2.75) is 43.7 Å². The Hall–Kier alpha value is -0.960. The Morgan fingerprint density at radius 1 is 1.24 bits per heavy atom. The van der Waals surface area contributed by atoms with Crippen LogP contribution in [0.5, 0.6) is 0 Å². The smallest absolute Gasteiger partial charge is 0.381 e. The molecule has 3 fully saturated rings. The number of amides is 2. The maximum atomic E-state index is 13.1. The van der Waals surface area contributed by atoms with Crippen LogP contribution in [0, 0.1) is 5.41 Å². The van der Waals surface area contributed by atoms with E-state index in [0.717, 1.165) is 25.8 Å². The number of thioether (sulfide) groups is 1. The average molecular weight is 380 g/mol. The van der Waals surface area contributed by atoms with E-state index in [1.54, 1.807) is 0 Å². The van der Waals surface area contributed by atoms with Gasteiger partial charge in [-0.3, -0.25) is 9.59 Å². The zero-order valence-corrected chi connectivity index (χ0v) is 14.8. The molecule has 0 saturated carbocycles. The van der Waals surface area contributed by atoms with E-state index in [2.05, 4.69) is 0 Å². The van der Waals surface area contributed by atoms with Crippen molar-refractivity contribution in [3.8, 4) is 0 Å². The molecule has 142 valence electrons. The van der Waals surface area contributed by atoms with Crippen LogP contribution in [0.25, 0.3) is 0 Å². The van der Waals surface area contributed by atoms with Gasteiger partial charge in [0.25, 0.3) is 0 Å². The first kappa shape index (κ1) is 18.8. The van der Waals surface area contributed by atoms with E-state index in [9.17, 15) is 22.8 Å². The van der Waals surface area contributed by atoms with Crippen molar-refractivity contribution < 1.29 is 27.5 Å². The summed E-state index contributed by atoms with van der Waals surface area (Å²) in [4.78, 5) is 28.5. The second-order valence-corrected chi connectivity index (χ2v) is 8.07. The van der Waals surface area contributed by atoms with Gasteiger partial charge in [-0.25, -0.2) is 0 Å². The number of hydrogen-bond donors (Lipinski definition) is 0. The molecule has 0 unspecified atom stereocenters. The lowest BCUT2D eigenvalue weighted by atomic mass is 9.77. The fraction of sp³-hybridized carbons (Fsp3) is 0.875. The summed E-state index contributed by atoms with van der Waals surface area (Å²) in [6.45, 7) is 2.65. The number of likely N-dealkylation sites (tertiary alicyclic amines) is 2. The molecule has 0 radical (unpaired) electrons. The van der Waals surface area contributed by atoms with Gasteiger partial charge in [0.15, 0.2) is 0 Å². The van der Waals surface area contributed by atoms with Gasteiger partial charge < -0.3 is 14.5 Å². The van der Waals surface area contributed by atoms with E-state index in [1.165, 1.54) is 4.90 Å². The summed E-state index contributed by atoms with van der Waals surface area (Å²) < 4.78 is 42.2. The van der Waals surface area contributed by atoms with E-state index < -0.39 is 22.6 Å². The van der Waals surface area contributed by atoms with E-state index >= 15 is 0 Å². The van der Waals surface area contributed by atoms with Gasteiger partial charge in [0.1, 0.15) is 0 Å². The van der Waals surface area contributed by atoms with Crippen molar-refractivity contribution >= 4 is 23.6 Å². The maximum absolute atomic E-state index is 13.1. The van der Waals surface area contributed by atoms with E-state index in [1.807, 2.05) is 4.90 Å². The summed E-state index contributed by atoms with van der Waals surface area (Å²) in [5.41, 5.74) is -5.01. The summed E-state index contributed by atoms with van der Waals surface area (Å²) in [7, 11) is 0. The molecule has 1 atom stereocenters. The molecule has 0 bridgehead atoms. The van der Waals surface area contributed by atoms with Crippen molar-refractivity contribution in [1.82, 2.24) is 9.80 Å². The van der Waals surface area contributed by atoms with E-state index in [4.69, 9.17) is 4.74 Å². The zero-order valence-electron chi connectivity index (χ0n) is 14.0. The van der Waals surface area contributed by atoms with Gasteiger partial charge in [-0.05, 0) is 43.9 Å². The zero-order chi connectivity index (χ0) is 18.1. The standard InChI is InChI=1S/C16H23F3N2O3S/c17-16(18,19)25-10-13(22)20-7-5-15(11-20)4-1-6-21(14(15)23)12-2-8-24-9-3-12/h12H,1-11H2/t15-/m1/s1. The van der Waals surface area contributed by atoms with Crippen LogP contribution in [0.3, 0.4) is 0 Å². The fourth-order valence-corrected chi connectivity index (χ4v) is 4.61. The van der Waals surface area contributed by atoms with Crippen molar-refractivity contribution in [2.24, 2.45) is 5.41 Å². The SMILES string of the molecule is O=C(CSC(F)(F)F)N1CC[C@]2(CCCN(C3CCOCC3)C2=O)C1. The number of hydrogen-bond acceptors (Lipinski definition) is 4. The molecule has 3 rings (SSSR count). The highest BCUT2D eigenvalue weighted by Gasteiger charge is 2.50. The molecule has 0 N–H and O–H groups in total. The number of alkyl halides is 3. The number of rotatable bonds is 3. The van der Waals surface area contributed by atoms with Crippen LogP contribution in [-0.4, -0.2) is 71.8 Å². The molecule has 5 nitrogen and oxygen atoms in total. The highest BCUT2D eigenvalue weighted by atomic mass is 32.2. The molecule has 0 aromatic heterocycles. The van der Waals surface area contributed by atoms with E-state index in [0.29, 0.717) is 32.6 Å². The monoisotopic (exact) mass is 380 g/mol. The minimum Gasteiger partial charge on any atom is -0.381 e. The van der Waals surface area contributed by atoms with Crippen molar-refractivity contribution in [3.63, 3.8) is 0 Å². The second kappa shape index (κ2) is 7.34. The van der Waals surface area contributed by atoms with Crippen LogP contribution in [0.2, 0.25) is 0 Å². The summed E-state index contributed by atoms with van der Waals surface area (Å²) >= 11 is -0.313. The minimum absolute atomic E-state index is 0.0735. The van der Waals surface area contributed by atoms with Crippen LogP contribution in [0.1, 0.15) is 32.1 Å². The molecule has 3 aliphatic rings. The lowest BCUT2D eigenvalue weighted by Gasteiger charge is -2.44. The number of ether oxygens (including phenoxy) is 1. The molecule has 1 spiro atoms. The lowest BCUT2D eigenvalue weighted by Crippen LogP contribution is -2.55. The summed E-state index contributed by atoms with van der Waals surface area (Å²) in [6.07, 6.45) is 3.79. The lowest BCUT2D eigenvalue weighted by molar-refractivity contribution is -0.150. The van der Waals surface area contributed by atoms with Crippen LogP contribution in [0.4, 0.5) is 13.2 Å². The number of halogens is 3. The number of piperidine rings is 1. The molecule has 0 aromatic rings. The van der Waals surface area contributed by atoms with Gasteiger partial charge in [0, 0.05) is 38.9 Å². The molecule has 3 saturated heterocycles. The predicted octanol–water partition coefficient (Wildman–Crippen LogP) is 2.26. The van der Waals surface area contributed by atoms with Crippen molar-refractivity contribution in [1.29, 1.82) is 0 Å². The van der Waals surface area contributed by atoms with Crippen molar-refractivity contribution in [2.75, 3.05) is 38.6 Å². The topological polar surface area (TPSA) is 49.9 Å². The predicted molar refractivity (Wildman–Crippen MR) is 86.9 cm³/mol. The normalized spacial score (nSPS) is 28.8. The quantitative estimate of drug-likeness (QED) is 0.754. The second-order valence-electron chi connectivity index (χ2n) is 7.03. The first-order chi connectivity index (χ1) is 11.8. The number of carbonyl (C=O) groups excluding carboxylic acids is 2. The highest BCUT2D eigenvalue weighted by molar-refractivity contribution is 8.00. The molecule has 3 aliphatic heterocycles. The Balaban J connectivity index is 1.62. The molecule has 9 heteroatoms. The molecular formula is C16H23F3N2O3S. The summed E-state index contributed by atoms with van der Waals surface area (Å²) in [5.74, 6) is -1.07. The van der Waals surface area contributed by atoms with Crippen LogP contribution in [-0.2, 0) is 14.3 Å². The van der Waals surface area contributed by atoms with Gasteiger partial charge >= 0.3 is 5.51 Å². The van der Waals surface area contributed by atoms with Crippen LogP contribution < -0.4 is 0 Å². The molecule has 0 aromatic carbocycles. The van der Waals surface area contributed by atoms with Gasteiger partial charge in [-0.15, -0.1) is 0 Å². The van der Waals surface area contributed by atoms with Crippen LogP contribution >= 0.6 is 11.8 Å². The van der Waals surface area contributed by atoms with Crippen molar-refractivity contribution in [3.05, 3.63) is 0 Å². The molecular weight excluding hydrogens is 357 g/mol.